The summed E-state index contributed by atoms with van der Waals surface area (Å²) in [6, 6.07) is 15.4. The SMILES string of the molecule is CC1CCN(c2ccc(NC(=O)C(C)(C)CCl)cc2C(=O)NC(C)c2ccccc2)CC1. The minimum Gasteiger partial charge on any atom is -0.371 e. The van der Waals surface area contributed by atoms with E-state index in [-0.39, 0.29) is 23.7 Å². The standard InChI is InChI=1S/C26H34ClN3O2/c1-18-12-14-30(15-13-18)23-11-10-21(29-25(32)26(3,4)17-27)16-22(23)24(31)28-19(2)20-8-6-5-7-9-20/h5-11,16,18-19H,12-15,17H2,1-4H3,(H,28,31)(H,29,32). The lowest BCUT2D eigenvalue weighted by Crippen LogP contribution is -2.36. The number of alkyl halides is 1. The van der Waals surface area contributed by atoms with Gasteiger partial charge < -0.3 is 15.5 Å². The van der Waals surface area contributed by atoms with Gasteiger partial charge in [-0.15, -0.1) is 11.6 Å². The van der Waals surface area contributed by atoms with Gasteiger partial charge in [-0.2, -0.15) is 0 Å². The molecule has 1 saturated heterocycles. The summed E-state index contributed by atoms with van der Waals surface area (Å²) in [6.07, 6.45) is 2.20. The van der Waals surface area contributed by atoms with Gasteiger partial charge in [0.2, 0.25) is 5.91 Å². The van der Waals surface area contributed by atoms with Crippen molar-refractivity contribution in [1.29, 1.82) is 0 Å². The Balaban J connectivity index is 1.88. The molecule has 0 aliphatic carbocycles. The Morgan fingerprint density at radius 1 is 1.12 bits per heavy atom. The molecule has 2 amide bonds. The number of carbonyl (C=O) groups is 2. The lowest BCUT2D eigenvalue weighted by molar-refractivity contribution is -0.122. The molecule has 2 N–H and O–H groups in total. The minimum absolute atomic E-state index is 0.133. The average molecular weight is 456 g/mol. The number of amides is 2. The largest absolute Gasteiger partial charge is 0.371 e. The third-order valence-electron chi connectivity index (χ3n) is 6.22. The third-order valence-corrected chi connectivity index (χ3v) is 6.89. The van der Waals surface area contributed by atoms with Gasteiger partial charge >= 0.3 is 0 Å². The van der Waals surface area contributed by atoms with Crippen LogP contribution < -0.4 is 15.5 Å². The molecule has 0 aromatic heterocycles. The maximum Gasteiger partial charge on any atom is 0.253 e. The molecule has 1 unspecified atom stereocenters. The molecule has 2 aromatic carbocycles. The van der Waals surface area contributed by atoms with E-state index in [4.69, 9.17) is 11.6 Å². The molecule has 0 bridgehead atoms. The van der Waals surface area contributed by atoms with Crippen LogP contribution in [0.25, 0.3) is 0 Å². The van der Waals surface area contributed by atoms with E-state index >= 15 is 0 Å². The smallest absolute Gasteiger partial charge is 0.253 e. The molecule has 0 spiro atoms. The Morgan fingerprint density at radius 3 is 2.41 bits per heavy atom. The van der Waals surface area contributed by atoms with Crippen LogP contribution in [0.3, 0.4) is 0 Å². The van der Waals surface area contributed by atoms with Crippen molar-refractivity contribution in [3.8, 4) is 0 Å². The highest BCUT2D eigenvalue weighted by Gasteiger charge is 2.28. The molecule has 1 atom stereocenters. The molecule has 0 radical (unpaired) electrons. The zero-order valence-corrected chi connectivity index (χ0v) is 20.2. The predicted octanol–water partition coefficient (Wildman–Crippen LogP) is 5.62. The van der Waals surface area contributed by atoms with Gasteiger partial charge in [0.15, 0.2) is 0 Å². The first-order valence-electron chi connectivity index (χ1n) is 11.3. The molecule has 1 fully saturated rings. The van der Waals surface area contributed by atoms with Crippen LogP contribution in [0, 0.1) is 11.3 Å². The van der Waals surface area contributed by atoms with Gasteiger partial charge in [0, 0.05) is 30.3 Å². The molecule has 2 aromatic rings. The number of hydrogen-bond donors (Lipinski definition) is 2. The number of nitrogens with zero attached hydrogens (tertiary/aromatic N) is 1. The maximum atomic E-state index is 13.4. The van der Waals surface area contributed by atoms with E-state index in [1.165, 1.54) is 0 Å². The number of nitrogens with one attached hydrogen (secondary N) is 2. The summed E-state index contributed by atoms with van der Waals surface area (Å²) in [5.41, 5.74) is 2.42. The van der Waals surface area contributed by atoms with E-state index in [1.54, 1.807) is 19.9 Å². The molecular weight excluding hydrogens is 422 g/mol. The number of anilines is 2. The van der Waals surface area contributed by atoms with Gasteiger partial charge in [0.1, 0.15) is 0 Å². The number of halogens is 1. The maximum absolute atomic E-state index is 13.4. The summed E-state index contributed by atoms with van der Waals surface area (Å²) in [6.45, 7) is 9.68. The van der Waals surface area contributed by atoms with Gasteiger partial charge in [-0.3, -0.25) is 9.59 Å². The van der Waals surface area contributed by atoms with Gasteiger partial charge in [-0.25, -0.2) is 0 Å². The first-order valence-corrected chi connectivity index (χ1v) is 11.9. The van der Waals surface area contributed by atoms with Crippen LogP contribution in [0.5, 0.6) is 0 Å². The van der Waals surface area contributed by atoms with E-state index in [9.17, 15) is 9.59 Å². The van der Waals surface area contributed by atoms with E-state index < -0.39 is 5.41 Å². The second-order valence-electron chi connectivity index (χ2n) is 9.48. The number of benzene rings is 2. The summed E-state index contributed by atoms with van der Waals surface area (Å²) in [4.78, 5) is 28.3. The Morgan fingerprint density at radius 2 is 1.78 bits per heavy atom. The summed E-state index contributed by atoms with van der Waals surface area (Å²) >= 11 is 5.96. The fraction of sp³-hybridized carbons (Fsp3) is 0.462. The third kappa shape index (κ3) is 5.83. The van der Waals surface area contributed by atoms with Gasteiger partial charge in [0.25, 0.3) is 5.91 Å². The highest BCUT2D eigenvalue weighted by atomic mass is 35.5. The topological polar surface area (TPSA) is 61.4 Å². The van der Waals surface area contributed by atoms with Crippen LogP contribution >= 0.6 is 11.6 Å². The van der Waals surface area contributed by atoms with Crippen molar-refractivity contribution in [2.75, 3.05) is 29.2 Å². The molecule has 1 aliphatic rings. The van der Waals surface area contributed by atoms with Crippen molar-refractivity contribution in [1.82, 2.24) is 5.32 Å². The van der Waals surface area contributed by atoms with Crippen molar-refractivity contribution in [3.63, 3.8) is 0 Å². The minimum atomic E-state index is -0.701. The van der Waals surface area contributed by atoms with Crippen LogP contribution in [0.4, 0.5) is 11.4 Å². The molecule has 172 valence electrons. The predicted molar refractivity (Wildman–Crippen MR) is 133 cm³/mol. The van der Waals surface area contributed by atoms with Gasteiger partial charge in [0.05, 0.1) is 17.0 Å². The van der Waals surface area contributed by atoms with Crippen LogP contribution in [-0.4, -0.2) is 30.8 Å². The Bertz CT molecular complexity index is 937. The molecule has 6 heteroatoms. The first kappa shape index (κ1) is 24.1. The Kier molecular flexibility index (Phi) is 7.83. The van der Waals surface area contributed by atoms with E-state index in [0.29, 0.717) is 17.2 Å². The van der Waals surface area contributed by atoms with Crippen molar-refractivity contribution < 1.29 is 9.59 Å². The molecule has 32 heavy (non-hydrogen) atoms. The average Bonchev–Trinajstić information content (AvgIpc) is 2.80. The normalized spacial score (nSPS) is 15.8. The number of piperidine rings is 1. The van der Waals surface area contributed by atoms with E-state index in [1.807, 2.05) is 49.4 Å². The van der Waals surface area contributed by atoms with Crippen molar-refractivity contribution in [2.24, 2.45) is 11.3 Å². The Hall–Kier alpha value is -2.53. The molecule has 0 saturated carbocycles. The quantitative estimate of drug-likeness (QED) is 0.533. The zero-order chi connectivity index (χ0) is 23.3. The van der Waals surface area contributed by atoms with Crippen molar-refractivity contribution >= 4 is 34.8 Å². The summed E-state index contributed by atoms with van der Waals surface area (Å²) < 4.78 is 0. The monoisotopic (exact) mass is 455 g/mol. The number of rotatable bonds is 7. The first-order chi connectivity index (χ1) is 15.2. The lowest BCUT2D eigenvalue weighted by Gasteiger charge is -2.33. The zero-order valence-electron chi connectivity index (χ0n) is 19.5. The molecule has 1 aliphatic heterocycles. The van der Waals surface area contributed by atoms with Gasteiger partial charge in [-0.05, 0) is 63.3 Å². The molecule has 3 rings (SSSR count). The summed E-state index contributed by atoms with van der Waals surface area (Å²) in [5.74, 6) is 0.585. The fourth-order valence-electron chi connectivity index (χ4n) is 3.78. The van der Waals surface area contributed by atoms with Crippen molar-refractivity contribution in [2.45, 2.75) is 46.6 Å². The molecular formula is C26H34ClN3O2. The molecule has 5 nitrogen and oxygen atoms in total. The lowest BCUT2D eigenvalue weighted by atomic mass is 9.95. The van der Waals surface area contributed by atoms with E-state index in [0.717, 1.165) is 37.2 Å². The van der Waals surface area contributed by atoms with Gasteiger partial charge in [-0.1, -0.05) is 37.3 Å². The highest BCUT2D eigenvalue weighted by molar-refractivity contribution is 6.20. The van der Waals surface area contributed by atoms with Crippen LogP contribution in [0.2, 0.25) is 0 Å². The fourth-order valence-corrected chi connectivity index (χ4v) is 3.90. The second-order valence-corrected chi connectivity index (χ2v) is 9.75. The summed E-state index contributed by atoms with van der Waals surface area (Å²) in [7, 11) is 0. The second kappa shape index (κ2) is 10.4. The summed E-state index contributed by atoms with van der Waals surface area (Å²) in [5, 5.41) is 6.05. The van der Waals surface area contributed by atoms with Crippen LogP contribution in [0.1, 0.15) is 62.5 Å². The number of hydrogen-bond acceptors (Lipinski definition) is 3. The van der Waals surface area contributed by atoms with E-state index in [2.05, 4.69) is 22.5 Å². The van der Waals surface area contributed by atoms with Crippen LogP contribution in [-0.2, 0) is 4.79 Å². The Labute approximate surface area is 196 Å². The van der Waals surface area contributed by atoms with Crippen molar-refractivity contribution in [3.05, 3.63) is 59.7 Å². The number of carbonyl (C=O) groups excluding carboxylic acids is 2. The highest BCUT2D eigenvalue weighted by Crippen LogP contribution is 2.30. The van der Waals surface area contributed by atoms with Crippen LogP contribution in [0.15, 0.2) is 48.5 Å². The molecule has 1 heterocycles.